The van der Waals surface area contributed by atoms with Gasteiger partial charge in [-0.3, -0.25) is 0 Å². The van der Waals surface area contributed by atoms with Crippen LogP contribution in [-0.4, -0.2) is 29.7 Å². The Bertz CT molecular complexity index is 94.2. The van der Waals surface area contributed by atoms with Gasteiger partial charge in [-0.15, -0.1) is 11.6 Å². The molecule has 1 unspecified atom stereocenters. The van der Waals surface area contributed by atoms with Gasteiger partial charge in [-0.25, -0.2) is 4.79 Å². The maximum atomic E-state index is 10.1. The first-order valence-electron chi connectivity index (χ1n) is 2.62. The van der Waals surface area contributed by atoms with Gasteiger partial charge < -0.3 is 9.84 Å². The molecule has 0 aromatic rings. The summed E-state index contributed by atoms with van der Waals surface area (Å²) in [4.78, 5) is 10.1. The molecule has 0 fully saturated rings. The van der Waals surface area contributed by atoms with Gasteiger partial charge in [0.2, 0.25) is 0 Å². The van der Waals surface area contributed by atoms with Gasteiger partial charge in [0.15, 0.2) is 6.10 Å². The highest BCUT2D eigenvalue weighted by atomic mass is 35.5. The molecule has 1 N–H and O–H groups in total. The first kappa shape index (κ1) is 8.72. The molecule has 0 radical (unpaired) electrons. The van der Waals surface area contributed by atoms with E-state index in [0.717, 1.165) is 0 Å². The van der Waals surface area contributed by atoms with Crippen LogP contribution in [0, 0.1) is 0 Å². The Hall–Kier alpha value is -0.280. The Kier molecular flexibility index (Phi) is 4.44. The van der Waals surface area contributed by atoms with E-state index in [9.17, 15) is 4.79 Å². The summed E-state index contributed by atoms with van der Waals surface area (Å²) < 4.78 is 4.72. The maximum Gasteiger partial charge on any atom is 0.334 e. The van der Waals surface area contributed by atoms with Gasteiger partial charge >= 0.3 is 5.97 Å². The van der Waals surface area contributed by atoms with Crippen LogP contribution in [0.3, 0.4) is 0 Å². The molecular weight excluding hydrogens is 144 g/mol. The maximum absolute atomic E-state index is 10.1. The largest absolute Gasteiger partial charge is 0.479 e. The molecule has 9 heavy (non-hydrogen) atoms. The molecule has 0 rings (SSSR count). The van der Waals surface area contributed by atoms with Crippen molar-refractivity contribution in [3.05, 3.63) is 0 Å². The third kappa shape index (κ3) is 3.32. The van der Waals surface area contributed by atoms with Gasteiger partial charge in [-0.05, 0) is 6.92 Å². The van der Waals surface area contributed by atoms with E-state index in [0.29, 0.717) is 6.61 Å². The number of aliphatic carboxylic acids is 1. The fourth-order valence-corrected chi connectivity index (χ4v) is 0.604. The highest BCUT2D eigenvalue weighted by molar-refractivity contribution is 6.19. The fourth-order valence-electron chi connectivity index (χ4n) is 0.383. The number of carboxylic acids is 1. The van der Waals surface area contributed by atoms with Crippen LogP contribution in [0.4, 0.5) is 0 Å². The second-order valence-corrected chi connectivity index (χ2v) is 1.75. The van der Waals surface area contributed by atoms with Crippen LogP contribution >= 0.6 is 11.6 Å². The van der Waals surface area contributed by atoms with Crippen molar-refractivity contribution in [2.45, 2.75) is 13.0 Å². The van der Waals surface area contributed by atoms with Crippen molar-refractivity contribution in [3.8, 4) is 0 Å². The average Bonchev–Trinajstić information content (AvgIpc) is 1.82. The molecule has 0 heterocycles. The minimum Gasteiger partial charge on any atom is -0.479 e. The molecule has 0 spiro atoms. The molecule has 0 saturated carbocycles. The average molecular weight is 153 g/mol. The number of ether oxygens (including phenoxy) is 1. The molecule has 4 heteroatoms. The first-order chi connectivity index (χ1) is 4.22. The van der Waals surface area contributed by atoms with Gasteiger partial charge in [0.05, 0.1) is 5.88 Å². The third-order valence-corrected chi connectivity index (χ3v) is 1.06. The quantitative estimate of drug-likeness (QED) is 0.604. The van der Waals surface area contributed by atoms with Gasteiger partial charge in [0, 0.05) is 6.61 Å². The molecule has 0 amide bonds. The van der Waals surface area contributed by atoms with E-state index in [1.165, 1.54) is 0 Å². The van der Waals surface area contributed by atoms with E-state index in [-0.39, 0.29) is 5.88 Å². The second kappa shape index (κ2) is 4.58. The normalized spacial score (nSPS) is 13.1. The predicted octanol–water partition coefficient (Wildman–Crippen LogP) is 0.715. The van der Waals surface area contributed by atoms with Crippen molar-refractivity contribution in [1.29, 1.82) is 0 Å². The van der Waals surface area contributed by atoms with Crippen molar-refractivity contribution in [2.24, 2.45) is 0 Å². The van der Waals surface area contributed by atoms with Crippen LogP contribution in [0.15, 0.2) is 0 Å². The number of carbonyl (C=O) groups is 1. The number of rotatable bonds is 4. The van der Waals surface area contributed by atoms with Crippen LogP contribution in [0.2, 0.25) is 0 Å². The van der Waals surface area contributed by atoms with E-state index >= 15 is 0 Å². The van der Waals surface area contributed by atoms with Crippen molar-refractivity contribution in [3.63, 3.8) is 0 Å². The Labute approximate surface area is 58.6 Å². The zero-order chi connectivity index (χ0) is 7.28. The van der Waals surface area contributed by atoms with Gasteiger partial charge in [0.25, 0.3) is 0 Å². The third-order valence-electron chi connectivity index (χ3n) is 0.783. The Balaban J connectivity index is 3.54. The SMILES string of the molecule is CCOC(CCl)C(=O)O. The lowest BCUT2D eigenvalue weighted by Crippen LogP contribution is -2.25. The summed E-state index contributed by atoms with van der Waals surface area (Å²) in [5.74, 6) is -1.00. The van der Waals surface area contributed by atoms with E-state index in [1.54, 1.807) is 6.92 Å². The van der Waals surface area contributed by atoms with Gasteiger partial charge in [0.1, 0.15) is 0 Å². The highest BCUT2D eigenvalue weighted by Gasteiger charge is 2.14. The molecule has 0 saturated heterocycles. The Morgan fingerprint density at radius 3 is 2.56 bits per heavy atom. The Morgan fingerprint density at radius 2 is 2.44 bits per heavy atom. The summed E-state index contributed by atoms with van der Waals surface area (Å²) in [5.41, 5.74) is 0. The van der Waals surface area contributed by atoms with Crippen LogP contribution in [0.1, 0.15) is 6.92 Å². The summed E-state index contributed by atoms with van der Waals surface area (Å²) >= 11 is 5.24. The highest BCUT2D eigenvalue weighted by Crippen LogP contribution is 1.94. The van der Waals surface area contributed by atoms with Crippen molar-refractivity contribution in [2.75, 3.05) is 12.5 Å². The van der Waals surface area contributed by atoms with E-state index in [4.69, 9.17) is 21.4 Å². The fraction of sp³-hybridized carbons (Fsp3) is 0.800. The monoisotopic (exact) mass is 152 g/mol. The molecule has 0 bridgehead atoms. The van der Waals surface area contributed by atoms with Crippen molar-refractivity contribution in [1.82, 2.24) is 0 Å². The van der Waals surface area contributed by atoms with Crippen LogP contribution in [0.25, 0.3) is 0 Å². The predicted molar refractivity (Wildman–Crippen MR) is 33.8 cm³/mol. The molecule has 0 aliphatic rings. The standard InChI is InChI=1S/C5H9ClO3/c1-2-9-4(3-6)5(7)8/h4H,2-3H2,1H3,(H,7,8). The van der Waals surface area contributed by atoms with Crippen molar-refractivity contribution >= 4 is 17.6 Å². The molecule has 1 atom stereocenters. The summed E-state index contributed by atoms with van der Waals surface area (Å²) in [5, 5.41) is 8.29. The van der Waals surface area contributed by atoms with Gasteiger partial charge in [-0.1, -0.05) is 0 Å². The van der Waals surface area contributed by atoms with Crippen molar-refractivity contribution < 1.29 is 14.6 Å². The first-order valence-corrected chi connectivity index (χ1v) is 3.16. The summed E-state index contributed by atoms with van der Waals surface area (Å²) in [6, 6.07) is 0. The number of hydrogen-bond donors (Lipinski definition) is 1. The smallest absolute Gasteiger partial charge is 0.334 e. The number of carboxylic acid groups (broad SMARTS) is 1. The summed E-state index contributed by atoms with van der Waals surface area (Å²) in [6.45, 7) is 2.10. The number of alkyl halides is 1. The summed E-state index contributed by atoms with van der Waals surface area (Å²) in [6.07, 6.45) is -0.850. The molecular formula is C5H9ClO3. The van der Waals surface area contributed by atoms with E-state index < -0.39 is 12.1 Å². The molecule has 0 aliphatic heterocycles. The minimum absolute atomic E-state index is 0.00315. The second-order valence-electron chi connectivity index (χ2n) is 1.44. The van der Waals surface area contributed by atoms with Crippen LogP contribution in [0.5, 0.6) is 0 Å². The van der Waals surface area contributed by atoms with Crippen LogP contribution < -0.4 is 0 Å². The van der Waals surface area contributed by atoms with Gasteiger partial charge in [-0.2, -0.15) is 0 Å². The number of hydrogen-bond acceptors (Lipinski definition) is 2. The lowest BCUT2D eigenvalue weighted by atomic mass is 10.4. The lowest BCUT2D eigenvalue weighted by Gasteiger charge is -2.06. The lowest BCUT2D eigenvalue weighted by molar-refractivity contribution is -0.148. The van der Waals surface area contributed by atoms with E-state index in [2.05, 4.69) is 0 Å². The molecule has 3 nitrogen and oxygen atoms in total. The zero-order valence-electron chi connectivity index (χ0n) is 5.13. The van der Waals surface area contributed by atoms with Crippen LogP contribution in [-0.2, 0) is 9.53 Å². The molecule has 0 aromatic heterocycles. The summed E-state index contributed by atoms with van der Waals surface area (Å²) in [7, 11) is 0. The van der Waals surface area contributed by atoms with E-state index in [1.807, 2.05) is 0 Å². The Morgan fingerprint density at radius 1 is 1.89 bits per heavy atom. The topological polar surface area (TPSA) is 46.5 Å². The zero-order valence-corrected chi connectivity index (χ0v) is 5.89. The molecule has 0 aliphatic carbocycles. The molecule has 54 valence electrons. The molecule has 0 aromatic carbocycles. The number of halogens is 1. The minimum atomic E-state index is -1.01.